The molecule has 1 fully saturated rings. The zero-order chi connectivity index (χ0) is 21.1. The molecule has 4 rings (SSSR count). The van der Waals surface area contributed by atoms with Gasteiger partial charge in [0.05, 0.1) is 10.6 Å². The van der Waals surface area contributed by atoms with Crippen molar-refractivity contribution in [1.82, 2.24) is 14.7 Å². The normalized spacial score (nSPS) is 13.5. The average Bonchev–Trinajstić information content (AvgIpc) is 3.38. The van der Waals surface area contributed by atoms with Crippen LogP contribution in [-0.2, 0) is 11.3 Å². The summed E-state index contributed by atoms with van der Waals surface area (Å²) in [6, 6.07) is 14.9. The Hall–Kier alpha value is -4.01. The number of non-ortho nitro benzene ring substituents is 1. The smallest absolute Gasteiger partial charge is 0.276 e. The van der Waals surface area contributed by atoms with Crippen LogP contribution in [0.25, 0.3) is 5.69 Å². The second-order valence-corrected chi connectivity index (χ2v) is 7.00. The molecule has 0 spiro atoms. The third-order valence-electron chi connectivity index (χ3n) is 4.86. The fourth-order valence-electron chi connectivity index (χ4n) is 3.37. The number of benzene rings is 2. The van der Waals surface area contributed by atoms with Gasteiger partial charge in [0.25, 0.3) is 11.6 Å². The molecule has 2 amide bonds. The Morgan fingerprint density at radius 3 is 2.77 bits per heavy atom. The zero-order valence-electron chi connectivity index (χ0n) is 16.0. The number of amides is 2. The molecule has 2 aromatic carbocycles. The van der Waals surface area contributed by atoms with Gasteiger partial charge in [0.15, 0.2) is 5.69 Å². The Labute approximate surface area is 172 Å². The standard InChI is InChI=1S/C21H19N5O4/c27-20-8-3-10-24(20)14-15-4-1-5-16(12-15)22-21(28)19-9-11-25(23-19)17-6-2-7-18(13-17)26(29)30/h1-2,4-7,9,11-13H,3,8,10,14H2,(H,22,28). The largest absolute Gasteiger partial charge is 0.338 e. The summed E-state index contributed by atoms with van der Waals surface area (Å²) in [4.78, 5) is 36.7. The van der Waals surface area contributed by atoms with Crippen LogP contribution in [-0.4, -0.2) is 38.0 Å². The number of nitrogens with one attached hydrogen (secondary N) is 1. The quantitative estimate of drug-likeness (QED) is 0.500. The van der Waals surface area contributed by atoms with Crippen molar-refractivity contribution in [3.63, 3.8) is 0 Å². The predicted octanol–water partition coefficient (Wildman–Crippen LogP) is 3.16. The fraction of sp³-hybridized carbons (Fsp3) is 0.190. The Morgan fingerprint density at radius 2 is 2.00 bits per heavy atom. The van der Waals surface area contributed by atoms with Crippen LogP contribution < -0.4 is 5.32 Å². The molecule has 0 bridgehead atoms. The van der Waals surface area contributed by atoms with Crippen molar-refractivity contribution in [2.45, 2.75) is 19.4 Å². The topological polar surface area (TPSA) is 110 Å². The lowest BCUT2D eigenvalue weighted by atomic mass is 10.2. The monoisotopic (exact) mass is 405 g/mol. The highest BCUT2D eigenvalue weighted by Crippen LogP contribution is 2.19. The minimum atomic E-state index is -0.483. The van der Waals surface area contributed by atoms with Gasteiger partial charge in [-0.05, 0) is 36.2 Å². The number of nitrogens with zero attached hydrogens (tertiary/aromatic N) is 4. The molecule has 1 N–H and O–H groups in total. The number of carbonyl (C=O) groups excluding carboxylic acids is 2. The summed E-state index contributed by atoms with van der Waals surface area (Å²) in [7, 11) is 0. The van der Waals surface area contributed by atoms with Crippen LogP contribution in [0, 0.1) is 10.1 Å². The van der Waals surface area contributed by atoms with Gasteiger partial charge in [-0.1, -0.05) is 18.2 Å². The summed E-state index contributed by atoms with van der Waals surface area (Å²) >= 11 is 0. The molecule has 1 saturated heterocycles. The lowest BCUT2D eigenvalue weighted by molar-refractivity contribution is -0.384. The van der Waals surface area contributed by atoms with Gasteiger partial charge >= 0.3 is 0 Å². The summed E-state index contributed by atoms with van der Waals surface area (Å²) in [6.07, 6.45) is 3.04. The van der Waals surface area contributed by atoms with E-state index in [0.717, 1.165) is 18.5 Å². The first kappa shape index (κ1) is 19.3. The van der Waals surface area contributed by atoms with Crippen molar-refractivity contribution in [2.75, 3.05) is 11.9 Å². The van der Waals surface area contributed by atoms with E-state index in [9.17, 15) is 19.7 Å². The van der Waals surface area contributed by atoms with Crippen LogP contribution in [0.15, 0.2) is 60.8 Å². The van der Waals surface area contributed by atoms with E-state index < -0.39 is 10.8 Å². The van der Waals surface area contributed by atoms with E-state index in [1.54, 1.807) is 30.5 Å². The van der Waals surface area contributed by atoms with Gasteiger partial charge < -0.3 is 10.2 Å². The number of nitro benzene ring substituents is 1. The van der Waals surface area contributed by atoms with Gasteiger partial charge in [-0.15, -0.1) is 0 Å². The first-order valence-corrected chi connectivity index (χ1v) is 9.48. The maximum atomic E-state index is 12.6. The van der Waals surface area contributed by atoms with E-state index in [0.29, 0.717) is 24.3 Å². The molecule has 0 atom stereocenters. The third kappa shape index (κ3) is 4.19. The second kappa shape index (κ2) is 8.16. The van der Waals surface area contributed by atoms with Crippen molar-refractivity contribution in [3.05, 3.63) is 82.2 Å². The van der Waals surface area contributed by atoms with Crippen LogP contribution in [0.3, 0.4) is 0 Å². The van der Waals surface area contributed by atoms with Crippen LogP contribution >= 0.6 is 0 Å². The lowest BCUT2D eigenvalue weighted by Crippen LogP contribution is -2.23. The number of anilines is 1. The molecule has 1 aliphatic rings. The zero-order valence-corrected chi connectivity index (χ0v) is 16.0. The average molecular weight is 405 g/mol. The summed E-state index contributed by atoms with van der Waals surface area (Å²) in [5.41, 5.74) is 2.16. The third-order valence-corrected chi connectivity index (χ3v) is 4.86. The van der Waals surface area contributed by atoms with Crippen molar-refractivity contribution < 1.29 is 14.5 Å². The Morgan fingerprint density at radius 1 is 1.17 bits per heavy atom. The van der Waals surface area contributed by atoms with E-state index in [4.69, 9.17) is 0 Å². The van der Waals surface area contributed by atoms with Crippen LogP contribution in [0.5, 0.6) is 0 Å². The highest BCUT2D eigenvalue weighted by Gasteiger charge is 2.20. The number of rotatable bonds is 6. The maximum absolute atomic E-state index is 12.6. The molecular formula is C21H19N5O4. The molecule has 1 aliphatic heterocycles. The fourth-order valence-corrected chi connectivity index (χ4v) is 3.37. The Bertz CT molecular complexity index is 1120. The molecule has 3 aromatic rings. The molecule has 1 aromatic heterocycles. The lowest BCUT2D eigenvalue weighted by Gasteiger charge is -2.16. The molecule has 30 heavy (non-hydrogen) atoms. The first-order chi connectivity index (χ1) is 14.5. The summed E-state index contributed by atoms with van der Waals surface area (Å²) in [5.74, 6) is -0.246. The van der Waals surface area contributed by atoms with E-state index in [1.165, 1.54) is 16.8 Å². The number of likely N-dealkylation sites (tertiary alicyclic amines) is 1. The number of nitro groups is 1. The SMILES string of the molecule is O=C(Nc1cccc(CN2CCCC2=O)c1)c1ccn(-c2cccc([N+](=O)[O-])c2)n1. The van der Waals surface area contributed by atoms with Crippen LogP contribution in [0.4, 0.5) is 11.4 Å². The van der Waals surface area contributed by atoms with Gasteiger partial charge in [-0.25, -0.2) is 4.68 Å². The highest BCUT2D eigenvalue weighted by atomic mass is 16.6. The van der Waals surface area contributed by atoms with E-state index >= 15 is 0 Å². The van der Waals surface area contributed by atoms with Crippen molar-refractivity contribution >= 4 is 23.2 Å². The number of hydrogen-bond donors (Lipinski definition) is 1. The van der Waals surface area contributed by atoms with Gasteiger partial charge in [0, 0.05) is 43.5 Å². The molecule has 0 aliphatic carbocycles. The van der Waals surface area contributed by atoms with Crippen molar-refractivity contribution in [2.24, 2.45) is 0 Å². The minimum Gasteiger partial charge on any atom is -0.338 e. The van der Waals surface area contributed by atoms with Crippen molar-refractivity contribution in [1.29, 1.82) is 0 Å². The van der Waals surface area contributed by atoms with Gasteiger partial charge in [-0.3, -0.25) is 19.7 Å². The molecule has 0 saturated carbocycles. The molecule has 0 radical (unpaired) electrons. The molecule has 9 heteroatoms. The molecule has 152 valence electrons. The number of aromatic nitrogens is 2. The summed E-state index contributed by atoms with van der Waals surface area (Å²) in [6.45, 7) is 1.27. The molecule has 2 heterocycles. The second-order valence-electron chi connectivity index (χ2n) is 7.00. The molecule has 9 nitrogen and oxygen atoms in total. The number of hydrogen-bond acceptors (Lipinski definition) is 5. The maximum Gasteiger partial charge on any atom is 0.276 e. The van der Waals surface area contributed by atoms with Gasteiger partial charge in [0.1, 0.15) is 0 Å². The minimum absolute atomic E-state index is 0.0534. The van der Waals surface area contributed by atoms with E-state index in [2.05, 4.69) is 10.4 Å². The highest BCUT2D eigenvalue weighted by molar-refractivity contribution is 6.02. The molecular weight excluding hydrogens is 386 g/mol. The van der Waals surface area contributed by atoms with Crippen LogP contribution in [0.2, 0.25) is 0 Å². The number of carbonyl (C=O) groups is 2. The van der Waals surface area contributed by atoms with Gasteiger partial charge in [0.2, 0.25) is 5.91 Å². The summed E-state index contributed by atoms with van der Waals surface area (Å²) < 4.78 is 1.41. The first-order valence-electron chi connectivity index (χ1n) is 9.48. The van der Waals surface area contributed by atoms with Gasteiger partial charge in [-0.2, -0.15) is 5.10 Å². The predicted molar refractivity (Wildman–Crippen MR) is 109 cm³/mol. The Kier molecular flexibility index (Phi) is 5.25. The van der Waals surface area contributed by atoms with Crippen LogP contribution in [0.1, 0.15) is 28.9 Å². The molecule has 0 unspecified atom stereocenters. The van der Waals surface area contributed by atoms with E-state index in [1.807, 2.05) is 23.1 Å². The Balaban J connectivity index is 1.46. The van der Waals surface area contributed by atoms with Crippen molar-refractivity contribution in [3.8, 4) is 5.69 Å². The van der Waals surface area contributed by atoms with E-state index in [-0.39, 0.29) is 17.3 Å². The summed E-state index contributed by atoms with van der Waals surface area (Å²) in [5, 5.41) is 18.0.